The van der Waals surface area contributed by atoms with E-state index in [9.17, 15) is 9.90 Å². The summed E-state index contributed by atoms with van der Waals surface area (Å²) >= 11 is 6.19. The third-order valence-corrected chi connectivity index (χ3v) is 5.27. The van der Waals surface area contributed by atoms with Gasteiger partial charge in [0.25, 0.3) is 5.91 Å². The summed E-state index contributed by atoms with van der Waals surface area (Å²) in [6.45, 7) is 3.00. The van der Waals surface area contributed by atoms with Crippen LogP contribution in [-0.4, -0.2) is 43.0 Å². The van der Waals surface area contributed by atoms with Crippen LogP contribution in [0.4, 0.5) is 5.69 Å². The molecule has 1 aliphatic heterocycles. The van der Waals surface area contributed by atoms with Crippen molar-refractivity contribution in [3.05, 3.63) is 58.1 Å². The van der Waals surface area contributed by atoms with E-state index in [0.29, 0.717) is 47.9 Å². The highest BCUT2D eigenvalue weighted by Crippen LogP contribution is 2.35. The summed E-state index contributed by atoms with van der Waals surface area (Å²) in [6, 6.07) is 10.7. The molecule has 7 heteroatoms. The largest absolute Gasteiger partial charge is 0.507 e. The van der Waals surface area contributed by atoms with Gasteiger partial charge in [0.2, 0.25) is 0 Å². The molecule has 1 amide bonds. The number of benzene rings is 2. The molecule has 0 aromatic heterocycles. The molecule has 2 aromatic carbocycles. The molecule has 0 spiro atoms. The van der Waals surface area contributed by atoms with Crippen LogP contribution >= 0.6 is 11.6 Å². The van der Waals surface area contributed by atoms with E-state index >= 15 is 0 Å². The van der Waals surface area contributed by atoms with E-state index < -0.39 is 0 Å². The average Bonchev–Trinajstić information content (AvgIpc) is 3.15. The summed E-state index contributed by atoms with van der Waals surface area (Å²) in [5.74, 6) is -0.151. The molecule has 1 heterocycles. The van der Waals surface area contributed by atoms with Gasteiger partial charge in [-0.1, -0.05) is 17.7 Å². The lowest BCUT2D eigenvalue weighted by molar-refractivity contribution is 0.0954. The number of hydrazone groups is 1. The fourth-order valence-electron chi connectivity index (χ4n) is 3.50. The summed E-state index contributed by atoms with van der Waals surface area (Å²) in [5, 5.41) is 15.0. The van der Waals surface area contributed by atoms with Gasteiger partial charge in [0.1, 0.15) is 5.75 Å². The lowest BCUT2D eigenvalue weighted by Gasteiger charge is -2.29. The monoisotopic (exact) mass is 385 g/mol. The van der Waals surface area contributed by atoms with Crippen LogP contribution in [-0.2, 0) is 11.2 Å². The molecule has 1 aliphatic carbocycles. The number of halogens is 1. The Labute approximate surface area is 162 Å². The number of nitrogens with zero attached hydrogens (tertiary/aromatic N) is 2. The van der Waals surface area contributed by atoms with Crippen molar-refractivity contribution in [1.29, 1.82) is 0 Å². The Morgan fingerprint density at radius 1 is 1.19 bits per heavy atom. The molecule has 0 unspecified atom stereocenters. The van der Waals surface area contributed by atoms with Gasteiger partial charge < -0.3 is 14.7 Å². The fourth-order valence-corrected chi connectivity index (χ4v) is 3.76. The molecule has 2 N–H and O–H groups in total. The second-order valence-corrected chi connectivity index (χ2v) is 6.98. The van der Waals surface area contributed by atoms with Crippen molar-refractivity contribution in [2.24, 2.45) is 5.10 Å². The van der Waals surface area contributed by atoms with Gasteiger partial charge in [0.05, 0.1) is 18.9 Å². The lowest BCUT2D eigenvalue weighted by Crippen LogP contribution is -2.36. The number of ether oxygens (including phenoxy) is 1. The highest BCUT2D eigenvalue weighted by atomic mass is 35.5. The van der Waals surface area contributed by atoms with E-state index in [1.54, 1.807) is 18.2 Å². The van der Waals surface area contributed by atoms with Crippen molar-refractivity contribution in [2.45, 2.75) is 12.8 Å². The van der Waals surface area contributed by atoms with Gasteiger partial charge in [0, 0.05) is 34.9 Å². The van der Waals surface area contributed by atoms with Crippen LogP contribution in [0.15, 0.2) is 41.5 Å². The molecule has 0 saturated carbocycles. The quantitative estimate of drug-likeness (QED) is 0.796. The van der Waals surface area contributed by atoms with Crippen molar-refractivity contribution in [3.63, 3.8) is 0 Å². The van der Waals surface area contributed by atoms with E-state index in [0.717, 1.165) is 24.3 Å². The normalized spacial score (nSPS) is 17.8. The number of carbonyl (C=O) groups is 1. The van der Waals surface area contributed by atoms with E-state index in [-0.39, 0.29) is 11.7 Å². The van der Waals surface area contributed by atoms with Crippen molar-refractivity contribution in [3.8, 4) is 5.75 Å². The van der Waals surface area contributed by atoms with Crippen LogP contribution in [0.3, 0.4) is 0 Å². The maximum absolute atomic E-state index is 12.6. The lowest BCUT2D eigenvalue weighted by atomic mass is 10.1. The van der Waals surface area contributed by atoms with E-state index in [2.05, 4.69) is 15.4 Å². The number of aromatic hydroxyl groups is 1. The van der Waals surface area contributed by atoms with Gasteiger partial charge >= 0.3 is 0 Å². The number of morpholine rings is 1. The summed E-state index contributed by atoms with van der Waals surface area (Å²) in [4.78, 5) is 14.7. The molecule has 2 aromatic rings. The minimum absolute atomic E-state index is 0.134. The summed E-state index contributed by atoms with van der Waals surface area (Å²) in [7, 11) is 0. The van der Waals surface area contributed by atoms with E-state index in [4.69, 9.17) is 16.3 Å². The van der Waals surface area contributed by atoms with Crippen molar-refractivity contribution in [1.82, 2.24) is 5.43 Å². The Morgan fingerprint density at radius 2 is 2.00 bits per heavy atom. The first-order valence-corrected chi connectivity index (χ1v) is 9.31. The van der Waals surface area contributed by atoms with Gasteiger partial charge in [-0.2, -0.15) is 5.10 Å². The zero-order valence-corrected chi connectivity index (χ0v) is 15.5. The number of rotatable bonds is 3. The number of amides is 1. The number of phenolic OH excluding ortho intramolecular Hbond substituents is 1. The SMILES string of the molecule is O=C(N/N=C1/CCc2c(Cl)ccc(O)c21)c1cccc(N2CCOCC2)c1. The summed E-state index contributed by atoms with van der Waals surface area (Å²) in [6.07, 6.45) is 1.32. The number of carbonyl (C=O) groups excluding carboxylic acids is 1. The molecule has 0 bridgehead atoms. The number of phenols is 1. The van der Waals surface area contributed by atoms with Crippen molar-refractivity contribution < 1.29 is 14.6 Å². The number of hydrogen-bond donors (Lipinski definition) is 2. The molecule has 0 radical (unpaired) electrons. The highest BCUT2D eigenvalue weighted by molar-refractivity contribution is 6.32. The Balaban J connectivity index is 1.51. The van der Waals surface area contributed by atoms with E-state index in [1.807, 2.05) is 18.2 Å². The van der Waals surface area contributed by atoms with Crippen LogP contribution in [0.2, 0.25) is 5.02 Å². The number of anilines is 1. The second kappa shape index (κ2) is 7.58. The topological polar surface area (TPSA) is 74.2 Å². The Morgan fingerprint density at radius 3 is 2.81 bits per heavy atom. The molecule has 1 fully saturated rings. The minimum atomic E-state index is -0.285. The molecule has 0 atom stereocenters. The molecule has 4 rings (SSSR count). The number of fused-ring (bicyclic) bond motifs is 1. The predicted molar refractivity (Wildman–Crippen MR) is 105 cm³/mol. The maximum Gasteiger partial charge on any atom is 0.271 e. The van der Waals surface area contributed by atoms with Crippen LogP contribution < -0.4 is 10.3 Å². The van der Waals surface area contributed by atoms with Crippen molar-refractivity contribution >= 4 is 28.9 Å². The third kappa shape index (κ3) is 3.63. The van der Waals surface area contributed by atoms with Gasteiger partial charge in [-0.05, 0) is 48.7 Å². The molecule has 6 nitrogen and oxygen atoms in total. The predicted octanol–water partition coefficient (Wildman–Crippen LogP) is 2.96. The molecule has 27 heavy (non-hydrogen) atoms. The van der Waals surface area contributed by atoms with E-state index in [1.165, 1.54) is 0 Å². The first kappa shape index (κ1) is 17.8. The summed E-state index contributed by atoms with van der Waals surface area (Å²) < 4.78 is 5.37. The molecule has 2 aliphatic rings. The first-order valence-electron chi connectivity index (χ1n) is 8.94. The fraction of sp³-hybridized carbons (Fsp3) is 0.300. The molecular weight excluding hydrogens is 366 g/mol. The van der Waals surface area contributed by atoms with Crippen LogP contribution in [0.1, 0.15) is 27.9 Å². The molecular formula is C20H20ClN3O3. The van der Waals surface area contributed by atoms with Gasteiger partial charge in [-0.25, -0.2) is 5.43 Å². The number of hydrogen-bond acceptors (Lipinski definition) is 5. The van der Waals surface area contributed by atoms with Gasteiger partial charge in [0.15, 0.2) is 0 Å². The van der Waals surface area contributed by atoms with Gasteiger partial charge in [-0.15, -0.1) is 0 Å². The molecule has 140 valence electrons. The Hall–Kier alpha value is -2.57. The highest BCUT2D eigenvalue weighted by Gasteiger charge is 2.24. The second-order valence-electron chi connectivity index (χ2n) is 6.57. The minimum Gasteiger partial charge on any atom is -0.507 e. The summed E-state index contributed by atoms with van der Waals surface area (Å²) in [5.41, 5.74) is 6.29. The smallest absolute Gasteiger partial charge is 0.271 e. The van der Waals surface area contributed by atoms with Crippen LogP contribution in [0, 0.1) is 0 Å². The zero-order chi connectivity index (χ0) is 18.8. The van der Waals surface area contributed by atoms with Gasteiger partial charge in [-0.3, -0.25) is 4.79 Å². The standard InChI is InChI=1S/C20H20ClN3O3/c21-16-5-7-18(25)19-15(16)4-6-17(19)22-23-20(26)13-2-1-3-14(12-13)24-8-10-27-11-9-24/h1-3,5,7,12,25H,4,6,8-11H2,(H,23,26)/b22-17-. The Kier molecular flexibility index (Phi) is 5.01. The zero-order valence-electron chi connectivity index (χ0n) is 14.7. The Bertz CT molecular complexity index is 907. The van der Waals surface area contributed by atoms with Crippen LogP contribution in [0.25, 0.3) is 0 Å². The molecule has 1 saturated heterocycles. The van der Waals surface area contributed by atoms with Crippen molar-refractivity contribution in [2.75, 3.05) is 31.2 Å². The first-order chi connectivity index (χ1) is 13.1. The maximum atomic E-state index is 12.6. The van der Waals surface area contributed by atoms with Crippen LogP contribution in [0.5, 0.6) is 5.75 Å². The third-order valence-electron chi connectivity index (χ3n) is 4.91. The number of nitrogens with one attached hydrogen (secondary N) is 1. The average molecular weight is 386 g/mol.